The van der Waals surface area contributed by atoms with Gasteiger partial charge in [-0.2, -0.15) is 5.10 Å². The smallest absolute Gasteiger partial charge is 0.356 e. The average molecular weight is 279 g/mol. The van der Waals surface area contributed by atoms with E-state index in [1.54, 1.807) is 10.7 Å². The van der Waals surface area contributed by atoms with Crippen molar-refractivity contribution in [2.24, 2.45) is 0 Å². The zero-order valence-corrected chi connectivity index (χ0v) is 11.8. The summed E-state index contributed by atoms with van der Waals surface area (Å²) in [5.41, 5.74) is 3.64. The molecule has 0 atom stereocenters. The van der Waals surface area contributed by atoms with Gasteiger partial charge in [0.1, 0.15) is 0 Å². The highest BCUT2D eigenvalue weighted by Gasteiger charge is 2.16. The lowest BCUT2D eigenvalue weighted by molar-refractivity contribution is 0.0690. The minimum Gasteiger partial charge on any atom is -0.476 e. The molecule has 1 aromatic heterocycles. The summed E-state index contributed by atoms with van der Waals surface area (Å²) in [5, 5.41) is 13.7. The van der Waals surface area contributed by atoms with Gasteiger partial charge >= 0.3 is 5.97 Å². The van der Waals surface area contributed by atoms with Gasteiger partial charge in [-0.3, -0.25) is 0 Å². The van der Waals surface area contributed by atoms with E-state index < -0.39 is 5.97 Å². The second kappa shape index (κ2) is 5.05. The summed E-state index contributed by atoms with van der Waals surface area (Å²) in [7, 11) is 0. The second-order valence-corrected chi connectivity index (χ2v) is 4.91. The van der Waals surface area contributed by atoms with Gasteiger partial charge in [0.2, 0.25) is 0 Å². The molecular weight excluding hydrogens is 264 g/mol. The van der Waals surface area contributed by atoms with E-state index in [2.05, 4.69) is 5.10 Å². The van der Waals surface area contributed by atoms with Crippen LogP contribution in [0.4, 0.5) is 0 Å². The fourth-order valence-electron chi connectivity index (χ4n) is 2.15. The van der Waals surface area contributed by atoms with E-state index >= 15 is 0 Å². The summed E-state index contributed by atoms with van der Waals surface area (Å²) in [6.45, 7) is 5.86. The molecule has 0 radical (unpaired) electrons. The van der Waals surface area contributed by atoms with Crippen LogP contribution in [0.15, 0.2) is 18.2 Å². The van der Waals surface area contributed by atoms with Crippen LogP contribution in [0.2, 0.25) is 5.02 Å². The van der Waals surface area contributed by atoms with Crippen LogP contribution in [0.25, 0.3) is 5.69 Å². The molecule has 0 spiro atoms. The first kappa shape index (κ1) is 13.6. The highest BCUT2D eigenvalue weighted by Crippen LogP contribution is 2.27. The standard InChI is InChI=1S/C14H15ClN2O2/c1-4-10-7-12(14(18)19)16-17(10)13-9(3)5-8(2)6-11(13)15/h5-7H,4H2,1-3H3,(H,18,19). The average Bonchev–Trinajstić information content (AvgIpc) is 2.71. The number of aromatic carboxylic acids is 1. The van der Waals surface area contributed by atoms with Crippen LogP contribution in [-0.2, 0) is 6.42 Å². The van der Waals surface area contributed by atoms with E-state index in [9.17, 15) is 4.79 Å². The molecule has 0 fully saturated rings. The van der Waals surface area contributed by atoms with Crippen LogP contribution in [-0.4, -0.2) is 20.9 Å². The number of hydrogen-bond donors (Lipinski definition) is 1. The molecule has 0 saturated carbocycles. The minimum atomic E-state index is -1.03. The predicted molar refractivity (Wildman–Crippen MR) is 74.4 cm³/mol. The molecule has 0 aliphatic heterocycles. The van der Waals surface area contributed by atoms with Gasteiger partial charge in [0.15, 0.2) is 5.69 Å². The van der Waals surface area contributed by atoms with Gasteiger partial charge in [0.25, 0.3) is 0 Å². The van der Waals surface area contributed by atoms with E-state index in [1.165, 1.54) is 0 Å². The number of carboxylic acid groups (broad SMARTS) is 1. The number of nitrogens with zero attached hydrogens (tertiary/aromatic N) is 2. The maximum Gasteiger partial charge on any atom is 0.356 e. The first-order valence-corrected chi connectivity index (χ1v) is 6.41. The SMILES string of the molecule is CCc1cc(C(=O)O)nn1-c1c(C)cc(C)cc1Cl. The van der Waals surface area contributed by atoms with Crippen molar-refractivity contribution in [2.45, 2.75) is 27.2 Å². The Labute approximate surface area is 116 Å². The molecule has 1 aromatic carbocycles. The summed E-state index contributed by atoms with van der Waals surface area (Å²) in [6, 6.07) is 5.44. The van der Waals surface area contributed by atoms with Crippen molar-refractivity contribution in [1.29, 1.82) is 0 Å². The molecule has 19 heavy (non-hydrogen) atoms. The molecule has 0 amide bonds. The van der Waals surface area contributed by atoms with Gasteiger partial charge in [-0.05, 0) is 43.5 Å². The molecule has 0 aliphatic rings. The number of carbonyl (C=O) groups is 1. The molecule has 2 rings (SSSR count). The maximum absolute atomic E-state index is 11.0. The zero-order valence-electron chi connectivity index (χ0n) is 11.1. The second-order valence-electron chi connectivity index (χ2n) is 4.50. The van der Waals surface area contributed by atoms with Gasteiger partial charge in [-0.15, -0.1) is 0 Å². The fourth-order valence-corrected chi connectivity index (χ4v) is 2.55. The Bertz CT molecular complexity index is 624. The number of halogens is 1. The first-order chi connectivity index (χ1) is 8.93. The van der Waals surface area contributed by atoms with E-state index in [1.807, 2.05) is 32.9 Å². The topological polar surface area (TPSA) is 55.1 Å². The third-order valence-electron chi connectivity index (χ3n) is 2.97. The quantitative estimate of drug-likeness (QED) is 0.936. The lowest BCUT2D eigenvalue weighted by atomic mass is 10.1. The highest BCUT2D eigenvalue weighted by molar-refractivity contribution is 6.32. The van der Waals surface area contributed by atoms with Crippen LogP contribution in [0.3, 0.4) is 0 Å². The van der Waals surface area contributed by atoms with E-state index in [0.29, 0.717) is 11.4 Å². The van der Waals surface area contributed by atoms with Crippen molar-refractivity contribution in [3.05, 3.63) is 45.7 Å². The lowest BCUT2D eigenvalue weighted by Gasteiger charge is -2.12. The van der Waals surface area contributed by atoms with Crippen molar-refractivity contribution in [3.63, 3.8) is 0 Å². The highest BCUT2D eigenvalue weighted by atomic mass is 35.5. The third kappa shape index (κ3) is 2.49. The Morgan fingerprint density at radius 1 is 1.37 bits per heavy atom. The van der Waals surface area contributed by atoms with Crippen molar-refractivity contribution in [2.75, 3.05) is 0 Å². The molecule has 100 valence electrons. The van der Waals surface area contributed by atoms with Gasteiger partial charge in [0.05, 0.1) is 10.7 Å². The van der Waals surface area contributed by atoms with Crippen LogP contribution < -0.4 is 0 Å². The molecule has 1 N–H and O–H groups in total. The number of hydrogen-bond acceptors (Lipinski definition) is 2. The van der Waals surface area contributed by atoms with E-state index in [-0.39, 0.29) is 5.69 Å². The summed E-state index contributed by atoms with van der Waals surface area (Å²) in [5.74, 6) is -1.03. The Morgan fingerprint density at radius 2 is 2.05 bits per heavy atom. The molecule has 0 unspecified atom stereocenters. The summed E-state index contributed by atoms with van der Waals surface area (Å²) in [6.07, 6.45) is 0.684. The molecule has 4 nitrogen and oxygen atoms in total. The monoisotopic (exact) mass is 278 g/mol. The normalized spacial score (nSPS) is 10.7. The Balaban J connectivity index is 2.68. The number of carboxylic acids is 1. The zero-order chi connectivity index (χ0) is 14.2. The molecular formula is C14H15ClN2O2. The summed E-state index contributed by atoms with van der Waals surface area (Å²) >= 11 is 6.28. The van der Waals surface area contributed by atoms with Crippen LogP contribution in [0.1, 0.15) is 34.2 Å². The van der Waals surface area contributed by atoms with Crippen molar-refractivity contribution in [1.82, 2.24) is 9.78 Å². The van der Waals surface area contributed by atoms with Crippen molar-refractivity contribution >= 4 is 17.6 Å². The van der Waals surface area contributed by atoms with E-state index in [0.717, 1.165) is 22.5 Å². The van der Waals surface area contributed by atoms with E-state index in [4.69, 9.17) is 16.7 Å². The minimum absolute atomic E-state index is 0.0351. The maximum atomic E-state index is 11.0. The number of aryl methyl sites for hydroxylation is 3. The molecule has 1 heterocycles. The van der Waals surface area contributed by atoms with Crippen LogP contribution >= 0.6 is 11.6 Å². The Kier molecular flexibility index (Phi) is 3.62. The van der Waals surface area contributed by atoms with Gasteiger partial charge < -0.3 is 5.11 Å². The van der Waals surface area contributed by atoms with Gasteiger partial charge in [-0.25, -0.2) is 9.48 Å². The summed E-state index contributed by atoms with van der Waals surface area (Å²) < 4.78 is 1.63. The predicted octanol–water partition coefficient (Wildman–Crippen LogP) is 3.40. The summed E-state index contributed by atoms with van der Waals surface area (Å²) in [4.78, 5) is 11.0. The number of rotatable bonds is 3. The molecule has 0 saturated heterocycles. The lowest BCUT2D eigenvalue weighted by Crippen LogP contribution is -2.06. The molecule has 0 bridgehead atoms. The third-order valence-corrected chi connectivity index (χ3v) is 3.26. The van der Waals surface area contributed by atoms with Crippen molar-refractivity contribution in [3.8, 4) is 5.69 Å². The molecule has 2 aromatic rings. The van der Waals surface area contributed by atoms with Gasteiger partial charge in [0, 0.05) is 5.69 Å². The number of benzene rings is 1. The Morgan fingerprint density at radius 3 is 2.58 bits per heavy atom. The van der Waals surface area contributed by atoms with Crippen molar-refractivity contribution < 1.29 is 9.90 Å². The first-order valence-electron chi connectivity index (χ1n) is 6.03. The number of aromatic nitrogens is 2. The van der Waals surface area contributed by atoms with Gasteiger partial charge in [-0.1, -0.05) is 24.6 Å². The van der Waals surface area contributed by atoms with Crippen LogP contribution in [0, 0.1) is 13.8 Å². The largest absolute Gasteiger partial charge is 0.476 e. The molecule has 0 aliphatic carbocycles. The fraction of sp³-hybridized carbons (Fsp3) is 0.286. The molecule has 5 heteroatoms. The van der Waals surface area contributed by atoms with Crippen LogP contribution in [0.5, 0.6) is 0 Å². The Hall–Kier alpha value is -1.81.